The first-order chi connectivity index (χ1) is 15.0. The van der Waals surface area contributed by atoms with Crippen molar-refractivity contribution in [3.63, 3.8) is 0 Å². The maximum Gasteiger partial charge on any atom is 0.257 e. The molecule has 2 fully saturated rings. The highest BCUT2D eigenvalue weighted by Crippen LogP contribution is 2.28. The topological polar surface area (TPSA) is 86.1 Å². The molecule has 1 atom stereocenters. The molecular formula is C22H28N4O5. The van der Waals surface area contributed by atoms with E-state index in [2.05, 4.69) is 5.10 Å². The molecule has 1 aromatic heterocycles. The van der Waals surface area contributed by atoms with Crippen molar-refractivity contribution in [3.05, 3.63) is 47.8 Å². The molecule has 0 aliphatic carbocycles. The summed E-state index contributed by atoms with van der Waals surface area (Å²) in [7, 11) is 1.55. The predicted molar refractivity (Wildman–Crippen MR) is 112 cm³/mol. The molecule has 1 aromatic carbocycles. The monoisotopic (exact) mass is 428 g/mol. The maximum absolute atomic E-state index is 13.2. The summed E-state index contributed by atoms with van der Waals surface area (Å²) in [5, 5.41) is 4.21. The fourth-order valence-electron chi connectivity index (χ4n) is 4.04. The van der Waals surface area contributed by atoms with Crippen LogP contribution in [0.1, 0.15) is 34.1 Å². The summed E-state index contributed by atoms with van der Waals surface area (Å²) in [6, 6.07) is 7.15. The SMILES string of the molecule is CCn1cc(C(=O)N2CCCOC3(C2)CN(C(=O)c2ccccc2OC)CCO3)cn1. The van der Waals surface area contributed by atoms with Gasteiger partial charge in [0.15, 0.2) is 0 Å². The quantitative estimate of drug-likeness (QED) is 0.736. The van der Waals surface area contributed by atoms with Gasteiger partial charge >= 0.3 is 0 Å². The Morgan fingerprint density at radius 3 is 2.58 bits per heavy atom. The number of morpholine rings is 1. The van der Waals surface area contributed by atoms with Gasteiger partial charge in [-0.15, -0.1) is 0 Å². The Morgan fingerprint density at radius 1 is 1.10 bits per heavy atom. The largest absolute Gasteiger partial charge is 0.496 e. The van der Waals surface area contributed by atoms with Gasteiger partial charge in [0.2, 0.25) is 5.79 Å². The van der Waals surface area contributed by atoms with Crippen molar-refractivity contribution in [1.82, 2.24) is 19.6 Å². The number of amides is 2. The molecule has 9 nitrogen and oxygen atoms in total. The zero-order chi connectivity index (χ0) is 21.8. The van der Waals surface area contributed by atoms with Crippen LogP contribution in [0.25, 0.3) is 0 Å². The van der Waals surface area contributed by atoms with E-state index in [0.29, 0.717) is 56.1 Å². The predicted octanol–water partition coefficient (Wildman–Crippen LogP) is 1.64. The summed E-state index contributed by atoms with van der Waals surface area (Å²) >= 11 is 0. The van der Waals surface area contributed by atoms with Gasteiger partial charge in [-0.25, -0.2) is 0 Å². The highest BCUT2D eigenvalue weighted by Gasteiger charge is 2.43. The number of ether oxygens (including phenoxy) is 3. The Labute approximate surface area is 181 Å². The van der Waals surface area contributed by atoms with Crippen LogP contribution in [0.3, 0.4) is 0 Å². The van der Waals surface area contributed by atoms with Crippen LogP contribution in [-0.2, 0) is 16.0 Å². The number of para-hydroxylation sites is 1. The van der Waals surface area contributed by atoms with Gasteiger partial charge < -0.3 is 24.0 Å². The standard InChI is InChI=1S/C22H28N4O5/c1-3-26-14-17(13-23-26)20(27)24-9-6-11-30-22(15-24)16-25(10-12-31-22)21(28)18-7-4-5-8-19(18)29-2/h4-5,7-8,13-14H,3,6,9-12,15-16H2,1-2H3. The molecule has 2 amide bonds. The first-order valence-electron chi connectivity index (χ1n) is 10.6. The molecule has 0 bridgehead atoms. The van der Waals surface area contributed by atoms with E-state index in [0.717, 1.165) is 0 Å². The number of carbonyl (C=O) groups excluding carboxylic acids is 2. The summed E-state index contributed by atoms with van der Waals surface area (Å²) in [4.78, 5) is 29.7. The van der Waals surface area contributed by atoms with E-state index in [1.807, 2.05) is 19.1 Å². The average molecular weight is 428 g/mol. The first kappa shape index (κ1) is 21.3. The van der Waals surface area contributed by atoms with E-state index in [1.165, 1.54) is 0 Å². The molecule has 2 aliphatic heterocycles. The van der Waals surface area contributed by atoms with Crippen molar-refractivity contribution in [2.24, 2.45) is 0 Å². The van der Waals surface area contributed by atoms with Gasteiger partial charge in [0.25, 0.3) is 11.8 Å². The Hall–Kier alpha value is -2.91. The molecule has 0 saturated carbocycles. The maximum atomic E-state index is 13.2. The Balaban J connectivity index is 1.53. The molecule has 2 aromatic rings. The van der Waals surface area contributed by atoms with Crippen LogP contribution in [0.4, 0.5) is 0 Å². The number of hydrogen-bond acceptors (Lipinski definition) is 6. The van der Waals surface area contributed by atoms with Crippen molar-refractivity contribution in [2.75, 3.05) is 46.5 Å². The van der Waals surface area contributed by atoms with Gasteiger partial charge in [-0.2, -0.15) is 5.10 Å². The molecule has 2 saturated heterocycles. The second kappa shape index (κ2) is 9.07. The molecule has 1 unspecified atom stereocenters. The highest BCUT2D eigenvalue weighted by molar-refractivity contribution is 5.97. The fraction of sp³-hybridized carbons (Fsp3) is 0.500. The normalized spacial score (nSPS) is 21.7. The van der Waals surface area contributed by atoms with Crippen LogP contribution in [0.15, 0.2) is 36.7 Å². The second-order valence-corrected chi connectivity index (χ2v) is 7.70. The molecule has 4 rings (SSSR count). The number of nitrogens with zero attached hydrogens (tertiary/aromatic N) is 4. The van der Waals surface area contributed by atoms with Crippen LogP contribution < -0.4 is 4.74 Å². The summed E-state index contributed by atoms with van der Waals surface area (Å²) in [5.74, 6) is -0.779. The van der Waals surface area contributed by atoms with Crippen LogP contribution in [-0.4, -0.2) is 83.7 Å². The Morgan fingerprint density at radius 2 is 1.84 bits per heavy atom. The molecule has 166 valence electrons. The number of aryl methyl sites for hydroxylation is 1. The number of methoxy groups -OCH3 is 1. The van der Waals surface area contributed by atoms with Crippen molar-refractivity contribution in [2.45, 2.75) is 25.7 Å². The van der Waals surface area contributed by atoms with Gasteiger partial charge in [-0.05, 0) is 25.5 Å². The van der Waals surface area contributed by atoms with E-state index in [1.54, 1.807) is 46.1 Å². The van der Waals surface area contributed by atoms with Crippen molar-refractivity contribution >= 4 is 11.8 Å². The molecule has 2 aliphatic rings. The molecule has 0 N–H and O–H groups in total. The van der Waals surface area contributed by atoms with Gasteiger partial charge in [-0.1, -0.05) is 12.1 Å². The third-order valence-corrected chi connectivity index (χ3v) is 5.64. The second-order valence-electron chi connectivity index (χ2n) is 7.70. The minimum atomic E-state index is -1.05. The van der Waals surface area contributed by atoms with Crippen molar-refractivity contribution in [1.29, 1.82) is 0 Å². The summed E-state index contributed by atoms with van der Waals surface area (Å²) in [5.41, 5.74) is 1.03. The smallest absolute Gasteiger partial charge is 0.257 e. The molecule has 3 heterocycles. The number of carbonyl (C=O) groups is 2. The fourth-order valence-corrected chi connectivity index (χ4v) is 4.04. The summed E-state index contributed by atoms with van der Waals surface area (Å²) in [6.07, 6.45) is 4.03. The third-order valence-electron chi connectivity index (χ3n) is 5.64. The van der Waals surface area contributed by atoms with Gasteiger partial charge in [0.05, 0.1) is 50.7 Å². The minimum Gasteiger partial charge on any atom is -0.496 e. The zero-order valence-electron chi connectivity index (χ0n) is 18.0. The number of aromatic nitrogens is 2. The van der Waals surface area contributed by atoms with Gasteiger partial charge in [0, 0.05) is 25.8 Å². The van der Waals surface area contributed by atoms with Gasteiger partial charge in [-0.3, -0.25) is 14.3 Å². The van der Waals surface area contributed by atoms with Crippen LogP contribution in [0.5, 0.6) is 5.75 Å². The van der Waals surface area contributed by atoms with E-state index in [9.17, 15) is 9.59 Å². The molecular weight excluding hydrogens is 400 g/mol. The van der Waals surface area contributed by atoms with Crippen molar-refractivity contribution < 1.29 is 23.8 Å². The Bertz CT molecular complexity index is 945. The van der Waals surface area contributed by atoms with Crippen molar-refractivity contribution in [3.8, 4) is 5.75 Å². The van der Waals surface area contributed by atoms with E-state index >= 15 is 0 Å². The number of benzene rings is 1. The van der Waals surface area contributed by atoms with Crippen LogP contribution >= 0.6 is 0 Å². The lowest BCUT2D eigenvalue weighted by Gasteiger charge is -2.43. The summed E-state index contributed by atoms with van der Waals surface area (Å²) < 4.78 is 19.2. The molecule has 1 spiro atoms. The minimum absolute atomic E-state index is 0.110. The highest BCUT2D eigenvalue weighted by atomic mass is 16.7. The third kappa shape index (κ3) is 4.42. The molecule has 9 heteroatoms. The van der Waals surface area contributed by atoms with Crippen LogP contribution in [0, 0.1) is 0 Å². The zero-order valence-corrected chi connectivity index (χ0v) is 18.0. The lowest BCUT2D eigenvalue weighted by Crippen LogP contribution is -2.59. The number of rotatable bonds is 4. The molecule has 31 heavy (non-hydrogen) atoms. The van der Waals surface area contributed by atoms with Crippen LogP contribution in [0.2, 0.25) is 0 Å². The lowest BCUT2D eigenvalue weighted by molar-refractivity contribution is -0.258. The lowest BCUT2D eigenvalue weighted by atomic mass is 10.1. The van der Waals surface area contributed by atoms with E-state index < -0.39 is 5.79 Å². The van der Waals surface area contributed by atoms with E-state index in [4.69, 9.17) is 14.2 Å². The number of hydrogen-bond donors (Lipinski definition) is 0. The van der Waals surface area contributed by atoms with Gasteiger partial charge in [0.1, 0.15) is 5.75 Å². The van der Waals surface area contributed by atoms with E-state index in [-0.39, 0.29) is 24.9 Å². The average Bonchev–Trinajstić information content (AvgIpc) is 3.21. The molecule has 0 radical (unpaired) electrons. The summed E-state index contributed by atoms with van der Waals surface area (Å²) in [6.45, 7) is 4.94. The Kier molecular flexibility index (Phi) is 6.24. The first-order valence-corrected chi connectivity index (χ1v) is 10.6.